The van der Waals surface area contributed by atoms with Gasteiger partial charge in [0.25, 0.3) is 0 Å². The van der Waals surface area contributed by atoms with Crippen LogP contribution in [0.2, 0.25) is 0 Å². The summed E-state index contributed by atoms with van der Waals surface area (Å²) in [6.45, 7) is 2.43. The molecule has 0 aliphatic carbocycles. The number of hydrogen-bond acceptors (Lipinski definition) is 4. The summed E-state index contributed by atoms with van der Waals surface area (Å²) in [6.07, 6.45) is 4.10. The number of hydrogen-bond donors (Lipinski definition) is 1. The topological polar surface area (TPSA) is 58.3 Å². The maximum atomic E-state index is 14.2. The number of anilines is 2. The first kappa shape index (κ1) is 25.8. The van der Waals surface area contributed by atoms with Crippen LogP contribution >= 0.6 is 11.8 Å². The third-order valence-electron chi connectivity index (χ3n) is 7.39. The van der Waals surface area contributed by atoms with Crippen molar-refractivity contribution >= 4 is 29.2 Å². The molecule has 40 heavy (non-hydrogen) atoms. The van der Waals surface area contributed by atoms with Gasteiger partial charge in [-0.05, 0) is 73.3 Å². The van der Waals surface area contributed by atoms with E-state index in [-0.39, 0.29) is 12.1 Å². The number of carbonyl (C=O) groups is 1. The van der Waals surface area contributed by atoms with Gasteiger partial charge in [0.1, 0.15) is 5.82 Å². The Labute approximate surface area is 239 Å². The monoisotopic (exact) mass is 548 g/mol. The van der Waals surface area contributed by atoms with Gasteiger partial charge in [-0.2, -0.15) is 5.10 Å². The predicted octanol–water partition coefficient (Wildman–Crippen LogP) is 6.90. The van der Waals surface area contributed by atoms with Gasteiger partial charge in [-0.25, -0.2) is 9.48 Å². The number of aryl methyl sites for hydroxylation is 1. The van der Waals surface area contributed by atoms with Gasteiger partial charge in [0.2, 0.25) is 0 Å². The lowest BCUT2D eigenvalue weighted by Gasteiger charge is -2.31. The van der Waals surface area contributed by atoms with E-state index in [0.29, 0.717) is 6.54 Å². The highest BCUT2D eigenvalue weighted by molar-refractivity contribution is 7.98. The van der Waals surface area contributed by atoms with Gasteiger partial charge in [-0.15, -0.1) is 11.8 Å². The highest BCUT2D eigenvalue weighted by atomic mass is 32.2. The zero-order valence-electron chi connectivity index (χ0n) is 23.1. The van der Waals surface area contributed by atoms with Crippen LogP contribution in [-0.2, 0) is 6.54 Å². The van der Waals surface area contributed by atoms with Gasteiger partial charge < -0.3 is 19.7 Å². The average Bonchev–Trinajstić information content (AvgIpc) is 3.54. The highest BCUT2D eigenvalue weighted by Gasteiger charge is 2.36. The number of aromatic nitrogens is 3. The lowest BCUT2D eigenvalue weighted by Crippen LogP contribution is -2.38. The molecule has 0 fully saturated rings. The zero-order chi connectivity index (χ0) is 27.8. The van der Waals surface area contributed by atoms with Crippen LogP contribution in [0, 0.1) is 6.92 Å². The minimum Gasteiger partial charge on any atom is -0.378 e. The maximum absolute atomic E-state index is 14.2. The van der Waals surface area contributed by atoms with E-state index in [2.05, 4.69) is 63.4 Å². The van der Waals surface area contributed by atoms with Crippen LogP contribution in [0.3, 0.4) is 0 Å². The van der Waals surface area contributed by atoms with Crippen molar-refractivity contribution in [3.05, 3.63) is 120 Å². The van der Waals surface area contributed by atoms with E-state index in [0.717, 1.165) is 50.3 Å². The number of urea groups is 1. The van der Waals surface area contributed by atoms with E-state index >= 15 is 0 Å². The van der Waals surface area contributed by atoms with Crippen molar-refractivity contribution in [3.63, 3.8) is 0 Å². The second-order valence-corrected chi connectivity index (χ2v) is 11.0. The average molecular weight is 549 g/mol. The minimum absolute atomic E-state index is 0.160. The lowest BCUT2D eigenvalue weighted by molar-refractivity contribution is 0.194. The van der Waals surface area contributed by atoms with Crippen molar-refractivity contribution in [1.82, 2.24) is 19.2 Å². The summed E-state index contributed by atoms with van der Waals surface area (Å²) in [5.41, 5.74) is 6.81. The van der Waals surface area contributed by atoms with Crippen LogP contribution in [0.15, 0.2) is 102 Å². The molecule has 1 atom stereocenters. The molecule has 0 saturated heterocycles. The second kappa shape index (κ2) is 10.6. The Balaban J connectivity index is 1.51. The number of nitrogens with one attached hydrogen (secondary N) is 1. The van der Waals surface area contributed by atoms with E-state index in [9.17, 15) is 4.79 Å². The molecule has 6 rings (SSSR count). The van der Waals surface area contributed by atoms with E-state index in [1.165, 1.54) is 0 Å². The minimum atomic E-state index is -0.314. The van der Waals surface area contributed by atoms with Crippen LogP contribution < -0.4 is 10.2 Å². The first-order valence-electron chi connectivity index (χ1n) is 13.2. The molecule has 3 heterocycles. The molecule has 7 nitrogen and oxygen atoms in total. The molecule has 5 aromatic rings. The molecule has 0 spiro atoms. The number of fused-ring (bicyclic) bond motifs is 3. The highest BCUT2D eigenvalue weighted by Crippen LogP contribution is 2.39. The first-order chi connectivity index (χ1) is 19.4. The van der Waals surface area contributed by atoms with E-state index in [4.69, 9.17) is 5.10 Å². The van der Waals surface area contributed by atoms with Crippen molar-refractivity contribution in [1.29, 1.82) is 0 Å². The molecule has 0 radical (unpaired) electrons. The summed E-state index contributed by atoms with van der Waals surface area (Å²) < 4.78 is 4.18. The number of nitrogens with zero attached hydrogens (tertiary/aromatic N) is 5. The Morgan fingerprint density at radius 2 is 1.75 bits per heavy atom. The van der Waals surface area contributed by atoms with E-state index < -0.39 is 0 Å². The Hall–Kier alpha value is -4.43. The number of benzene rings is 3. The van der Waals surface area contributed by atoms with Gasteiger partial charge in [0, 0.05) is 42.1 Å². The quantitative estimate of drug-likeness (QED) is 0.243. The molecule has 2 aromatic heterocycles. The lowest BCUT2D eigenvalue weighted by atomic mass is 10.0. The Morgan fingerprint density at radius 3 is 2.48 bits per heavy atom. The third kappa shape index (κ3) is 4.64. The van der Waals surface area contributed by atoms with Crippen molar-refractivity contribution in [2.45, 2.75) is 24.4 Å². The Morgan fingerprint density at radius 1 is 0.975 bits per heavy atom. The van der Waals surface area contributed by atoms with Crippen molar-refractivity contribution in [2.75, 3.05) is 30.6 Å². The first-order valence-corrected chi connectivity index (χ1v) is 14.5. The molecular weight excluding hydrogens is 516 g/mol. The number of carbonyl (C=O) groups excluding carboxylic acids is 1. The fourth-order valence-corrected chi connectivity index (χ4v) is 5.81. The van der Waals surface area contributed by atoms with Gasteiger partial charge in [-0.1, -0.05) is 36.4 Å². The summed E-state index contributed by atoms with van der Waals surface area (Å²) in [6, 6.07) is 30.2. The van der Waals surface area contributed by atoms with Crippen molar-refractivity contribution < 1.29 is 4.79 Å². The van der Waals surface area contributed by atoms with Crippen LogP contribution in [-0.4, -0.2) is 45.6 Å². The SMILES string of the molecule is CSc1cccc(NC(=O)N2Cc3c(C)nn(-c4ccccc4)c3-n3cccc3[C@H]2c2ccc(N(C)C)cc2)c1. The molecular formula is C32H32N6OS. The van der Waals surface area contributed by atoms with Crippen LogP contribution in [0.1, 0.15) is 28.6 Å². The largest absolute Gasteiger partial charge is 0.378 e. The molecule has 3 aromatic carbocycles. The van der Waals surface area contributed by atoms with Crippen molar-refractivity contribution in [3.8, 4) is 11.5 Å². The predicted molar refractivity (Wildman–Crippen MR) is 163 cm³/mol. The van der Waals surface area contributed by atoms with Crippen LogP contribution in [0.4, 0.5) is 16.2 Å². The zero-order valence-corrected chi connectivity index (χ0v) is 23.9. The Bertz CT molecular complexity index is 1650. The van der Waals surface area contributed by atoms with Crippen LogP contribution in [0.25, 0.3) is 11.5 Å². The molecule has 0 bridgehead atoms. The molecule has 1 aliphatic rings. The molecule has 0 unspecified atom stereocenters. The maximum Gasteiger partial charge on any atom is 0.322 e. The second-order valence-electron chi connectivity index (χ2n) is 10.1. The molecule has 2 amide bonds. The Kier molecular flexibility index (Phi) is 6.86. The molecule has 1 aliphatic heterocycles. The summed E-state index contributed by atoms with van der Waals surface area (Å²) in [7, 11) is 4.06. The summed E-state index contributed by atoms with van der Waals surface area (Å²) in [5.74, 6) is 0.957. The summed E-state index contributed by atoms with van der Waals surface area (Å²) in [5, 5.41) is 8.13. The van der Waals surface area contributed by atoms with Gasteiger partial charge in [0.05, 0.1) is 29.7 Å². The molecule has 202 valence electrons. The fourth-order valence-electron chi connectivity index (χ4n) is 5.35. The molecule has 0 saturated carbocycles. The van der Waals surface area contributed by atoms with Gasteiger partial charge in [0.15, 0.2) is 0 Å². The van der Waals surface area contributed by atoms with Crippen LogP contribution in [0.5, 0.6) is 0 Å². The molecule has 1 N–H and O–H groups in total. The summed E-state index contributed by atoms with van der Waals surface area (Å²) in [4.78, 5) is 19.3. The van der Waals surface area contributed by atoms with E-state index in [1.54, 1.807) is 11.8 Å². The number of thioether (sulfide) groups is 1. The smallest absolute Gasteiger partial charge is 0.322 e. The van der Waals surface area contributed by atoms with E-state index in [1.807, 2.05) is 85.4 Å². The number of rotatable bonds is 5. The summed E-state index contributed by atoms with van der Waals surface area (Å²) >= 11 is 1.65. The number of amides is 2. The van der Waals surface area contributed by atoms with Crippen molar-refractivity contribution in [2.24, 2.45) is 0 Å². The number of para-hydroxylation sites is 1. The fraction of sp³-hybridized carbons (Fsp3) is 0.188. The standard InChI is InChI=1S/C32H32N6OS/c1-22-28-21-37(32(39)33-24-10-8-13-27(20-24)40-4)30(23-15-17-25(18-16-23)35(2)3)29-14-9-19-36(29)31(28)38(34-22)26-11-6-5-7-12-26/h5-20,30H,21H2,1-4H3,(H,33,39)/t30-/m1/s1. The van der Waals surface area contributed by atoms with Gasteiger partial charge in [-0.3, -0.25) is 0 Å². The third-order valence-corrected chi connectivity index (χ3v) is 8.12. The van der Waals surface area contributed by atoms with Gasteiger partial charge >= 0.3 is 6.03 Å². The molecule has 8 heteroatoms. The normalized spacial score (nSPS) is 14.3.